The van der Waals surface area contributed by atoms with Gasteiger partial charge in [0.2, 0.25) is 0 Å². The highest BCUT2D eigenvalue weighted by molar-refractivity contribution is 14.0. The largest absolute Gasteiger partial charge is 0.357 e. The lowest BCUT2D eigenvalue weighted by Crippen LogP contribution is -2.37. The molecule has 24 heavy (non-hydrogen) atoms. The van der Waals surface area contributed by atoms with Crippen molar-refractivity contribution in [2.75, 3.05) is 25.5 Å². The standard InChI is InChI=1S/C16H24N6S.HI/c1-5-17-15(20-10-14-12(2)7-6-8-18-14)19-9-13-11-23-16(21-13)22(3)4;/h6-8,11H,5,9-10H2,1-4H3,(H2,17,19,20);1H. The van der Waals surface area contributed by atoms with Gasteiger partial charge in [-0.1, -0.05) is 6.07 Å². The maximum absolute atomic E-state index is 4.59. The van der Waals surface area contributed by atoms with E-state index in [-0.39, 0.29) is 24.0 Å². The molecule has 0 amide bonds. The van der Waals surface area contributed by atoms with Crippen molar-refractivity contribution in [1.29, 1.82) is 0 Å². The summed E-state index contributed by atoms with van der Waals surface area (Å²) >= 11 is 1.63. The Morgan fingerprint density at radius 1 is 1.33 bits per heavy atom. The second-order valence-electron chi connectivity index (χ2n) is 5.33. The number of nitrogens with one attached hydrogen (secondary N) is 2. The van der Waals surface area contributed by atoms with Crippen LogP contribution in [0.15, 0.2) is 28.7 Å². The lowest BCUT2D eigenvalue weighted by Gasteiger charge is -2.11. The Hall–Kier alpha value is -1.42. The quantitative estimate of drug-likeness (QED) is 0.395. The molecule has 2 N–H and O–H groups in total. The zero-order valence-corrected chi connectivity index (χ0v) is 17.7. The minimum Gasteiger partial charge on any atom is -0.357 e. The van der Waals surface area contributed by atoms with Crippen LogP contribution >= 0.6 is 35.3 Å². The number of hydrogen-bond acceptors (Lipinski definition) is 5. The molecule has 0 fully saturated rings. The van der Waals surface area contributed by atoms with Gasteiger partial charge in [-0.3, -0.25) is 4.98 Å². The van der Waals surface area contributed by atoms with Gasteiger partial charge in [0.05, 0.1) is 24.5 Å². The Morgan fingerprint density at radius 3 is 2.75 bits per heavy atom. The third-order valence-corrected chi connectivity index (χ3v) is 4.26. The molecule has 0 saturated heterocycles. The Morgan fingerprint density at radius 2 is 2.12 bits per heavy atom. The molecular formula is C16H25IN6S. The molecule has 0 radical (unpaired) electrons. The minimum absolute atomic E-state index is 0. The summed E-state index contributed by atoms with van der Waals surface area (Å²) in [5, 5.41) is 9.61. The molecule has 0 aliphatic carbocycles. The fraction of sp³-hybridized carbons (Fsp3) is 0.438. The molecule has 2 aromatic heterocycles. The topological polar surface area (TPSA) is 65.4 Å². The number of aromatic nitrogens is 2. The van der Waals surface area contributed by atoms with Crippen LogP contribution in [-0.2, 0) is 13.1 Å². The first-order chi connectivity index (χ1) is 11.1. The van der Waals surface area contributed by atoms with Gasteiger partial charge < -0.3 is 15.5 Å². The second-order valence-corrected chi connectivity index (χ2v) is 6.17. The first-order valence-electron chi connectivity index (χ1n) is 7.64. The van der Waals surface area contributed by atoms with Crippen molar-refractivity contribution in [2.45, 2.75) is 26.9 Å². The monoisotopic (exact) mass is 460 g/mol. The molecule has 0 spiro atoms. The van der Waals surface area contributed by atoms with E-state index in [1.54, 1.807) is 11.3 Å². The molecule has 0 aliphatic heterocycles. The molecule has 0 saturated carbocycles. The molecule has 8 heteroatoms. The van der Waals surface area contributed by atoms with Gasteiger partial charge in [-0.15, -0.1) is 35.3 Å². The number of rotatable bonds is 6. The van der Waals surface area contributed by atoms with E-state index in [1.807, 2.05) is 36.6 Å². The number of aryl methyl sites for hydroxylation is 1. The van der Waals surface area contributed by atoms with Gasteiger partial charge in [-0.2, -0.15) is 0 Å². The number of hydrogen-bond donors (Lipinski definition) is 2. The third-order valence-electron chi connectivity index (χ3n) is 3.21. The van der Waals surface area contributed by atoms with Gasteiger partial charge in [0.1, 0.15) is 0 Å². The lowest BCUT2D eigenvalue weighted by atomic mass is 10.2. The number of halogens is 1. The molecule has 2 aromatic rings. The van der Waals surface area contributed by atoms with Gasteiger partial charge in [-0.25, -0.2) is 9.98 Å². The van der Waals surface area contributed by atoms with Crippen LogP contribution in [0.2, 0.25) is 0 Å². The van der Waals surface area contributed by atoms with E-state index in [4.69, 9.17) is 0 Å². The van der Waals surface area contributed by atoms with E-state index in [0.29, 0.717) is 13.1 Å². The van der Waals surface area contributed by atoms with E-state index in [0.717, 1.165) is 29.0 Å². The Bertz CT molecular complexity index is 656. The molecule has 0 unspecified atom stereocenters. The van der Waals surface area contributed by atoms with Gasteiger partial charge in [0, 0.05) is 32.2 Å². The smallest absolute Gasteiger partial charge is 0.191 e. The summed E-state index contributed by atoms with van der Waals surface area (Å²) in [7, 11) is 3.99. The van der Waals surface area contributed by atoms with E-state index in [2.05, 4.69) is 45.5 Å². The SMILES string of the molecule is CCNC(=NCc1csc(N(C)C)n1)NCc1ncccc1C.I. The van der Waals surface area contributed by atoms with Gasteiger partial charge >= 0.3 is 0 Å². The van der Waals surface area contributed by atoms with E-state index in [1.165, 1.54) is 5.56 Å². The van der Waals surface area contributed by atoms with Crippen molar-refractivity contribution in [2.24, 2.45) is 4.99 Å². The molecular weight excluding hydrogens is 435 g/mol. The first-order valence-corrected chi connectivity index (χ1v) is 8.52. The van der Waals surface area contributed by atoms with Crippen LogP contribution in [0.4, 0.5) is 5.13 Å². The van der Waals surface area contributed by atoms with Crippen molar-refractivity contribution in [1.82, 2.24) is 20.6 Å². The van der Waals surface area contributed by atoms with Crippen LogP contribution in [0.3, 0.4) is 0 Å². The molecule has 2 rings (SSSR count). The van der Waals surface area contributed by atoms with E-state index in [9.17, 15) is 0 Å². The number of thiazole rings is 1. The number of guanidine groups is 1. The van der Waals surface area contributed by atoms with Crippen LogP contribution < -0.4 is 15.5 Å². The van der Waals surface area contributed by atoms with Crippen LogP contribution in [0.25, 0.3) is 0 Å². The average Bonchev–Trinajstić information content (AvgIpc) is 3.00. The summed E-state index contributed by atoms with van der Waals surface area (Å²) in [5.41, 5.74) is 3.18. The highest BCUT2D eigenvalue weighted by atomic mass is 127. The van der Waals surface area contributed by atoms with Crippen molar-refractivity contribution in [3.05, 3.63) is 40.7 Å². The summed E-state index contributed by atoms with van der Waals surface area (Å²) in [6.07, 6.45) is 1.81. The molecule has 6 nitrogen and oxygen atoms in total. The fourth-order valence-corrected chi connectivity index (χ4v) is 2.70. The summed E-state index contributed by atoms with van der Waals surface area (Å²) in [6.45, 7) is 6.13. The average molecular weight is 460 g/mol. The van der Waals surface area contributed by atoms with Crippen molar-refractivity contribution in [3.8, 4) is 0 Å². The predicted octanol–water partition coefficient (Wildman–Crippen LogP) is 2.79. The predicted molar refractivity (Wildman–Crippen MR) is 112 cm³/mol. The maximum atomic E-state index is 4.59. The second kappa shape index (κ2) is 10.4. The number of aliphatic imine (C=N–C) groups is 1. The lowest BCUT2D eigenvalue weighted by molar-refractivity contribution is 0.792. The van der Waals surface area contributed by atoms with Crippen molar-refractivity contribution >= 4 is 46.4 Å². The Labute approximate surface area is 164 Å². The highest BCUT2D eigenvalue weighted by Gasteiger charge is 2.05. The van der Waals surface area contributed by atoms with Gasteiger partial charge in [0.15, 0.2) is 11.1 Å². The minimum atomic E-state index is 0. The number of anilines is 1. The van der Waals surface area contributed by atoms with Crippen molar-refractivity contribution in [3.63, 3.8) is 0 Å². The molecule has 0 aromatic carbocycles. The molecule has 0 bridgehead atoms. The molecule has 0 atom stereocenters. The molecule has 2 heterocycles. The van der Waals surface area contributed by atoms with Crippen LogP contribution in [0, 0.1) is 6.92 Å². The Balaban J connectivity index is 0.00000288. The van der Waals surface area contributed by atoms with Crippen molar-refractivity contribution < 1.29 is 0 Å². The van der Waals surface area contributed by atoms with Crippen LogP contribution in [0.5, 0.6) is 0 Å². The normalized spacial score (nSPS) is 10.9. The highest BCUT2D eigenvalue weighted by Crippen LogP contribution is 2.18. The van der Waals surface area contributed by atoms with E-state index < -0.39 is 0 Å². The Kier molecular flexibility index (Phi) is 8.98. The zero-order chi connectivity index (χ0) is 16.7. The first kappa shape index (κ1) is 20.6. The fourth-order valence-electron chi connectivity index (χ4n) is 1.95. The van der Waals surface area contributed by atoms with E-state index >= 15 is 0 Å². The molecule has 0 aliphatic rings. The maximum Gasteiger partial charge on any atom is 0.191 e. The summed E-state index contributed by atoms with van der Waals surface area (Å²) < 4.78 is 0. The van der Waals surface area contributed by atoms with Gasteiger partial charge in [0.25, 0.3) is 0 Å². The summed E-state index contributed by atoms with van der Waals surface area (Å²) in [5.74, 6) is 0.775. The summed E-state index contributed by atoms with van der Waals surface area (Å²) in [4.78, 5) is 15.5. The molecule has 132 valence electrons. The number of pyridine rings is 1. The zero-order valence-electron chi connectivity index (χ0n) is 14.5. The third kappa shape index (κ3) is 6.23. The number of nitrogens with zero attached hydrogens (tertiary/aromatic N) is 4. The van der Waals surface area contributed by atoms with Gasteiger partial charge in [-0.05, 0) is 25.5 Å². The van der Waals surface area contributed by atoms with Crippen LogP contribution in [-0.4, -0.2) is 36.6 Å². The summed E-state index contributed by atoms with van der Waals surface area (Å²) in [6, 6.07) is 4.01. The van der Waals surface area contributed by atoms with Crippen LogP contribution in [0.1, 0.15) is 23.9 Å².